The molecule has 198 valence electrons. The van der Waals surface area contributed by atoms with E-state index in [0.717, 1.165) is 25.2 Å². The molecule has 1 N–H and O–H groups in total. The van der Waals surface area contributed by atoms with Crippen LogP contribution in [0.4, 0.5) is 8.78 Å². The van der Waals surface area contributed by atoms with Gasteiger partial charge in [-0.25, -0.2) is 13.8 Å². The summed E-state index contributed by atoms with van der Waals surface area (Å²) in [4.78, 5) is 20.4. The number of para-hydroxylation sites is 1. The standard InChI is InChI=1S/C29H27Cl2F2N3O2/c1-29(2,3)35-13-11-16(12-14-35)24-28(38)26-19(25(34-24)18-8-7-17(32)15-22(18)33)9-10-23(37)36(26)27-20(30)5-4-6-21(27)31/h4-10,15-16,38H,11-14H2,1-3H3. The van der Waals surface area contributed by atoms with Crippen LogP contribution in [0.1, 0.15) is 45.2 Å². The Morgan fingerprint density at radius 2 is 1.66 bits per heavy atom. The quantitative estimate of drug-likeness (QED) is 0.286. The summed E-state index contributed by atoms with van der Waals surface area (Å²) in [6, 6.07) is 10.9. The van der Waals surface area contributed by atoms with E-state index in [1.165, 1.54) is 22.8 Å². The van der Waals surface area contributed by atoms with Crippen LogP contribution < -0.4 is 5.56 Å². The third-order valence-electron chi connectivity index (χ3n) is 7.22. The molecule has 0 atom stereocenters. The van der Waals surface area contributed by atoms with Crippen molar-refractivity contribution >= 4 is 34.1 Å². The number of aromatic nitrogens is 2. The average molecular weight is 558 g/mol. The highest BCUT2D eigenvalue weighted by Gasteiger charge is 2.32. The van der Waals surface area contributed by atoms with E-state index < -0.39 is 17.2 Å². The van der Waals surface area contributed by atoms with Crippen molar-refractivity contribution in [2.45, 2.75) is 45.1 Å². The Morgan fingerprint density at radius 3 is 2.26 bits per heavy atom. The van der Waals surface area contributed by atoms with Crippen molar-refractivity contribution in [3.63, 3.8) is 0 Å². The minimum absolute atomic E-state index is 0.00643. The number of pyridine rings is 2. The van der Waals surface area contributed by atoms with Gasteiger partial charge < -0.3 is 5.11 Å². The molecule has 0 bridgehead atoms. The van der Waals surface area contributed by atoms with Crippen molar-refractivity contribution in [1.82, 2.24) is 14.5 Å². The zero-order valence-corrected chi connectivity index (χ0v) is 22.7. The van der Waals surface area contributed by atoms with Crippen molar-refractivity contribution in [2.75, 3.05) is 13.1 Å². The van der Waals surface area contributed by atoms with E-state index in [1.807, 2.05) is 0 Å². The molecule has 2 aromatic carbocycles. The number of hydrogen-bond acceptors (Lipinski definition) is 4. The summed E-state index contributed by atoms with van der Waals surface area (Å²) < 4.78 is 30.1. The Kier molecular flexibility index (Phi) is 6.97. The second kappa shape index (κ2) is 9.95. The predicted molar refractivity (Wildman–Crippen MR) is 148 cm³/mol. The minimum Gasteiger partial charge on any atom is -0.504 e. The molecule has 1 saturated heterocycles. The second-order valence-corrected chi connectivity index (χ2v) is 11.4. The fraction of sp³-hybridized carbons (Fsp3) is 0.310. The van der Waals surface area contributed by atoms with Crippen LogP contribution >= 0.6 is 23.2 Å². The lowest BCUT2D eigenvalue weighted by molar-refractivity contribution is 0.101. The van der Waals surface area contributed by atoms with Gasteiger partial charge in [0.2, 0.25) is 0 Å². The Balaban J connectivity index is 1.82. The molecule has 9 heteroatoms. The number of rotatable bonds is 3. The van der Waals surface area contributed by atoms with Gasteiger partial charge in [0.1, 0.15) is 17.2 Å². The average Bonchev–Trinajstić information content (AvgIpc) is 2.85. The van der Waals surface area contributed by atoms with E-state index in [1.54, 1.807) is 18.2 Å². The molecule has 1 fully saturated rings. The van der Waals surface area contributed by atoms with E-state index in [-0.39, 0.29) is 49.7 Å². The fourth-order valence-corrected chi connectivity index (χ4v) is 5.80. The molecule has 3 heterocycles. The highest BCUT2D eigenvalue weighted by Crippen LogP contribution is 2.43. The zero-order chi connectivity index (χ0) is 27.4. The molecule has 0 unspecified atom stereocenters. The minimum atomic E-state index is -0.800. The molecule has 1 aliphatic heterocycles. The zero-order valence-electron chi connectivity index (χ0n) is 21.2. The Labute approximate surface area is 229 Å². The van der Waals surface area contributed by atoms with E-state index in [2.05, 4.69) is 25.7 Å². The topological polar surface area (TPSA) is 58.4 Å². The van der Waals surface area contributed by atoms with E-state index >= 15 is 4.39 Å². The summed E-state index contributed by atoms with van der Waals surface area (Å²) in [7, 11) is 0. The third-order valence-corrected chi connectivity index (χ3v) is 7.83. The Bertz CT molecular complexity index is 1590. The number of likely N-dealkylation sites (tertiary alicyclic amines) is 1. The summed E-state index contributed by atoms with van der Waals surface area (Å²) in [5, 5.41) is 12.4. The van der Waals surface area contributed by atoms with Crippen LogP contribution in [-0.4, -0.2) is 38.2 Å². The molecule has 5 rings (SSSR count). The second-order valence-electron chi connectivity index (χ2n) is 10.6. The summed E-state index contributed by atoms with van der Waals surface area (Å²) in [6.07, 6.45) is 1.41. The maximum absolute atomic E-state index is 15.1. The number of benzene rings is 2. The molecular weight excluding hydrogens is 531 g/mol. The Morgan fingerprint density at radius 1 is 1.00 bits per heavy atom. The van der Waals surface area contributed by atoms with Crippen molar-refractivity contribution in [3.05, 3.63) is 86.3 Å². The van der Waals surface area contributed by atoms with Gasteiger partial charge in [-0.3, -0.25) is 14.3 Å². The van der Waals surface area contributed by atoms with Gasteiger partial charge in [0.15, 0.2) is 5.75 Å². The summed E-state index contributed by atoms with van der Waals surface area (Å²) in [5.74, 6) is -1.85. The number of aromatic hydroxyl groups is 1. The van der Waals surface area contributed by atoms with E-state index in [0.29, 0.717) is 23.9 Å². The fourth-order valence-electron chi connectivity index (χ4n) is 5.24. The molecular formula is C29H27Cl2F2N3O2. The first kappa shape index (κ1) is 26.6. The van der Waals surface area contributed by atoms with E-state index in [4.69, 9.17) is 28.2 Å². The Hall–Kier alpha value is -3.00. The van der Waals surface area contributed by atoms with Crippen molar-refractivity contribution < 1.29 is 13.9 Å². The number of nitrogens with zero attached hydrogens (tertiary/aromatic N) is 3. The molecule has 2 aromatic heterocycles. The molecule has 38 heavy (non-hydrogen) atoms. The molecule has 0 amide bonds. The maximum atomic E-state index is 15.1. The van der Waals surface area contributed by atoms with Gasteiger partial charge >= 0.3 is 0 Å². The first-order valence-corrected chi connectivity index (χ1v) is 13.2. The van der Waals surface area contributed by atoms with Crippen LogP contribution in [-0.2, 0) is 0 Å². The monoisotopic (exact) mass is 557 g/mol. The van der Waals surface area contributed by atoms with Gasteiger partial charge in [-0.2, -0.15) is 0 Å². The summed E-state index contributed by atoms with van der Waals surface area (Å²) >= 11 is 13.0. The molecule has 0 aliphatic carbocycles. The van der Waals surface area contributed by atoms with Gasteiger partial charge in [-0.1, -0.05) is 29.3 Å². The van der Waals surface area contributed by atoms with Gasteiger partial charge in [0.25, 0.3) is 5.56 Å². The largest absolute Gasteiger partial charge is 0.504 e. The smallest absolute Gasteiger partial charge is 0.255 e. The van der Waals surface area contributed by atoms with Crippen molar-refractivity contribution in [2.24, 2.45) is 0 Å². The van der Waals surface area contributed by atoms with Crippen molar-refractivity contribution in [1.29, 1.82) is 0 Å². The normalized spacial score (nSPS) is 15.3. The van der Waals surface area contributed by atoms with Crippen LogP contribution in [0.3, 0.4) is 0 Å². The van der Waals surface area contributed by atoms with Crippen LogP contribution in [0.25, 0.3) is 27.8 Å². The van der Waals surface area contributed by atoms with Gasteiger partial charge in [-0.15, -0.1) is 0 Å². The number of fused-ring (bicyclic) bond motifs is 1. The maximum Gasteiger partial charge on any atom is 0.255 e. The molecule has 4 aromatic rings. The third kappa shape index (κ3) is 4.68. The van der Waals surface area contributed by atoms with Crippen molar-refractivity contribution in [3.8, 4) is 22.7 Å². The lowest BCUT2D eigenvalue weighted by atomic mass is 9.89. The lowest BCUT2D eigenvalue weighted by Crippen LogP contribution is -2.45. The molecule has 0 radical (unpaired) electrons. The highest BCUT2D eigenvalue weighted by molar-refractivity contribution is 6.37. The molecule has 5 nitrogen and oxygen atoms in total. The van der Waals surface area contributed by atoms with Crippen LogP contribution in [0.2, 0.25) is 10.0 Å². The summed E-state index contributed by atoms with van der Waals surface area (Å²) in [5.41, 5.74) is 0.440. The SMILES string of the molecule is CC(C)(C)N1CCC(c2nc(-c3ccc(F)cc3F)c3ccc(=O)n(-c4c(Cl)cccc4Cl)c3c2O)CC1. The predicted octanol–water partition coefficient (Wildman–Crippen LogP) is 7.32. The first-order valence-electron chi connectivity index (χ1n) is 12.4. The van der Waals surface area contributed by atoms with Gasteiger partial charge in [-0.05, 0) is 77.0 Å². The summed E-state index contributed by atoms with van der Waals surface area (Å²) in [6.45, 7) is 8.03. The first-order chi connectivity index (χ1) is 18.0. The van der Waals surface area contributed by atoms with Gasteiger partial charge in [0, 0.05) is 34.5 Å². The van der Waals surface area contributed by atoms with Crippen LogP contribution in [0.15, 0.2) is 53.3 Å². The number of piperidine rings is 1. The van der Waals surface area contributed by atoms with Crippen LogP contribution in [0.5, 0.6) is 5.75 Å². The van der Waals surface area contributed by atoms with Gasteiger partial charge in [0.05, 0.1) is 27.1 Å². The molecule has 0 spiro atoms. The van der Waals surface area contributed by atoms with Crippen LogP contribution in [0, 0.1) is 11.6 Å². The number of halogens is 4. The molecule has 1 aliphatic rings. The molecule has 0 saturated carbocycles. The lowest BCUT2D eigenvalue weighted by Gasteiger charge is -2.41. The highest BCUT2D eigenvalue weighted by atomic mass is 35.5. The van der Waals surface area contributed by atoms with E-state index in [9.17, 15) is 14.3 Å². The number of hydrogen-bond donors (Lipinski definition) is 1.